The van der Waals surface area contributed by atoms with Gasteiger partial charge in [-0.1, -0.05) is 29.8 Å². The number of pyridine rings is 2. The molecule has 2 aliphatic rings. The number of amides is 1. The second-order valence-electron chi connectivity index (χ2n) is 10.6. The van der Waals surface area contributed by atoms with Crippen LogP contribution in [0.5, 0.6) is 0 Å². The van der Waals surface area contributed by atoms with Gasteiger partial charge in [0.1, 0.15) is 11.6 Å². The highest BCUT2D eigenvalue weighted by Crippen LogP contribution is 2.38. The Labute approximate surface area is 233 Å². The lowest BCUT2D eigenvalue weighted by molar-refractivity contribution is 0.0690. The molecular formula is C30H35ClFN5O2. The van der Waals surface area contributed by atoms with E-state index in [2.05, 4.69) is 23.3 Å². The first kappa shape index (κ1) is 27.5. The number of anilines is 1. The lowest BCUT2D eigenvalue weighted by atomic mass is 10.0. The zero-order valence-electron chi connectivity index (χ0n) is 22.7. The third kappa shape index (κ3) is 5.01. The molecule has 0 bridgehead atoms. The lowest BCUT2D eigenvalue weighted by Crippen LogP contribution is -2.49. The number of rotatable bonds is 6. The number of carbonyl (C=O) groups is 1. The summed E-state index contributed by atoms with van der Waals surface area (Å²) in [5.41, 5.74) is 1.41. The highest BCUT2D eigenvalue weighted by atomic mass is 35.5. The number of carbonyl (C=O) groups excluding carboxylic acids is 1. The Balaban J connectivity index is 1.71. The maximum atomic E-state index is 14.9. The first-order chi connectivity index (χ1) is 18.7. The number of hydrogen-bond donors (Lipinski definition) is 1. The van der Waals surface area contributed by atoms with E-state index in [0.29, 0.717) is 29.8 Å². The molecule has 2 aromatic heterocycles. The van der Waals surface area contributed by atoms with Gasteiger partial charge < -0.3 is 14.9 Å². The van der Waals surface area contributed by atoms with E-state index in [9.17, 15) is 14.3 Å². The lowest BCUT2D eigenvalue weighted by Gasteiger charge is -2.38. The number of piperazine rings is 1. The van der Waals surface area contributed by atoms with Gasteiger partial charge in [-0.3, -0.25) is 9.69 Å². The molecule has 0 saturated carbocycles. The Morgan fingerprint density at radius 3 is 2.46 bits per heavy atom. The van der Waals surface area contributed by atoms with Gasteiger partial charge >= 0.3 is 0 Å². The number of aliphatic hydroxyl groups excluding tert-OH is 1. The number of likely N-dealkylation sites (tertiary alicyclic amines) is 1. The fraction of sp³-hybridized carbons (Fsp3) is 0.433. The molecule has 9 heteroatoms. The minimum atomic E-state index is -0.454. The molecule has 206 valence electrons. The van der Waals surface area contributed by atoms with Gasteiger partial charge in [0.2, 0.25) is 0 Å². The van der Waals surface area contributed by atoms with Gasteiger partial charge in [-0.25, -0.2) is 14.4 Å². The van der Waals surface area contributed by atoms with Gasteiger partial charge in [-0.15, -0.1) is 6.58 Å². The van der Waals surface area contributed by atoms with Crippen LogP contribution in [0, 0.1) is 5.82 Å². The van der Waals surface area contributed by atoms with Gasteiger partial charge in [0.15, 0.2) is 0 Å². The second kappa shape index (κ2) is 11.2. The molecule has 7 nitrogen and oxygen atoms in total. The molecular weight excluding hydrogens is 517 g/mol. The van der Waals surface area contributed by atoms with Crippen LogP contribution in [0.25, 0.3) is 22.2 Å². The summed E-state index contributed by atoms with van der Waals surface area (Å²) in [6.45, 7) is 12.7. The topological polar surface area (TPSA) is 72.8 Å². The van der Waals surface area contributed by atoms with Gasteiger partial charge in [0.05, 0.1) is 34.1 Å². The van der Waals surface area contributed by atoms with Crippen LogP contribution in [0.3, 0.4) is 0 Å². The van der Waals surface area contributed by atoms with Crippen molar-refractivity contribution < 1.29 is 14.3 Å². The average Bonchev–Trinajstić information content (AvgIpc) is 3.29. The summed E-state index contributed by atoms with van der Waals surface area (Å²) in [7, 11) is 0. The monoisotopic (exact) mass is 551 g/mol. The number of aliphatic hydroxyl groups is 1. The third-order valence-electron chi connectivity index (χ3n) is 8.19. The highest BCUT2D eigenvalue weighted by molar-refractivity contribution is 6.34. The molecule has 1 aromatic carbocycles. The molecule has 0 spiro atoms. The van der Waals surface area contributed by atoms with E-state index < -0.39 is 12.4 Å². The van der Waals surface area contributed by atoms with Crippen molar-refractivity contribution in [3.05, 3.63) is 65.1 Å². The Bertz CT molecular complexity index is 1400. The number of fused-ring (bicyclic) bond motifs is 1. The molecule has 4 heterocycles. The predicted molar refractivity (Wildman–Crippen MR) is 154 cm³/mol. The van der Waals surface area contributed by atoms with Crippen molar-refractivity contribution in [2.45, 2.75) is 58.3 Å². The molecule has 2 aliphatic heterocycles. The fourth-order valence-corrected chi connectivity index (χ4v) is 6.12. The zero-order valence-corrected chi connectivity index (χ0v) is 23.5. The quantitative estimate of drug-likeness (QED) is 0.420. The predicted octanol–water partition coefficient (Wildman–Crippen LogP) is 5.29. The first-order valence-corrected chi connectivity index (χ1v) is 14.0. The molecule has 1 N–H and O–H groups in total. The van der Waals surface area contributed by atoms with Crippen LogP contribution in [0.2, 0.25) is 5.02 Å². The van der Waals surface area contributed by atoms with E-state index in [-0.39, 0.29) is 51.6 Å². The van der Waals surface area contributed by atoms with E-state index in [4.69, 9.17) is 21.6 Å². The molecule has 0 radical (unpaired) electrons. The van der Waals surface area contributed by atoms with Crippen molar-refractivity contribution in [2.75, 3.05) is 31.1 Å². The fourth-order valence-electron chi connectivity index (χ4n) is 5.87. The van der Waals surface area contributed by atoms with Crippen LogP contribution in [-0.2, 0) is 6.61 Å². The van der Waals surface area contributed by atoms with Crippen LogP contribution in [0.15, 0.2) is 43.0 Å². The van der Waals surface area contributed by atoms with Crippen molar-refractivity contribution in [1.29, 1.82) is 0 Å². The van der Waals surface area contributed by atoms with Crippen LogP contribution >= 0.6 is 11.6 Å². The summed E-state index contributed by atoms with van der Waals surface area (Å²) >= 11 is 6.74. The van der Waals surface area contributed by atoms with Crippen molar-refractivity contribution in [3.63, 3.8) is 0 Å². The number of nitrogens with zero attached hydrogens (tertiary/aromatic N) is 5. The largest absolute Gasteiger partial charge is 0.390 e. The number of benzene rings is 1. The summed E-state index contributed by atoms with van der Waals surface area (Å²) < 4.78 is 14.9. The van der Waals surface area contributed by atoms with Gasteiger partial charge in [0, 0.05) is 55.3 Å². The number of hydrogen-bond acceptors (Lipinski definition) is 6. The molecule has 3 aromatic rings. The standard InChI is InChI=1S/C30H35ClFN5O2/c1-5-18(2)35-12-14-36(15-13-35)29-22-16-23(31)27(21-8-6-7-9-24(21)32)34-28(22)26(25(17-38)33-29)30(39)37-19(3)10-11-20(37)4/h5-9,16,18-20,38H,1,10-15,17H2,2-4H3/t18?,19-,20-/m0/s1. The maximum absolute atomic E-state index is 14.9. The summed E-state index contributed by atoms with van der Waals surface area (Å²) in [6.07, 6.45) is 3.73. The normalized spacial score (nSPS) is 21.0. The minimum absolute atomic E-state index is 0.0482. The van der Waals surface area contributed by atoms with Gasteiger partial charge in [0.25, 0.3) is 5.91 Å². The molecule has 39 heavy (non-hydrogen) atoms. The van der Waals surface area contributed by atoms with Gasteiger partial charge in [-0.2, -0.15) is 0 Å². The Hall–Kier alpha value is -3.07. The molecule has 2 fully saturated rings. The zero-order chi connectivity index (χ0) is 27.8. The van der Waals surface area contributed by atoms with E-state index in [1.165, 1.54) is 6.07 Å². The maximum Gasteiger partial charge on any atom is 0.258 e. The van der Waals surface area contributed by atoms with Crippen molar-refractivity contribution in [2.24, 2.45) is 0 Å². The summed E-state index contributed by atoms with van der Waals surface area (Å²) in [5, 5.41) is 11.4. The van der Waals surface area contributed by atoms with E-state index in [1.807, 2.05) is 24.8 Å². The average molecular weight is 552 g/mol. The first-order valence-electron chi connectivity index (χ1n) is 13.6. The van der Waals surface area contributed by atoms with E-state index in [0.717, 1.165) is 25.9 Å². The molecule has 1 unspecified atom stereocenters. The molecule has 0 aliphatic carbocycles. The minimum Gasteiger partial charge on any atom is -0.390 e. The van der Waals surface area contributed by atoms with E-state index in [1.54, 1.807) is 24.3 Å². The van der Waals surface area contributed by atoms with Crippen LogP contribution in [-0.4, -0.2) is 75.1 Å². The molecule has 5 rings (SSSR count). The SMILES string of the molecule is C=CC(C)N1CCN(c2nc(CO)c(C(=O)N3[C@@H](C)CC[C@@H]3C)c3nc(-c4ccccc4F)c(Cl)cc23)CC1. The number of halogens is 2. The Kier molecular flexibility index (Phi) is 7.89. The van der Waals surface area contributed by atoms with Crippen LogP contribution < -0.4 is 4.90 Å². The van der Waals surface area contributed by atoms with Crippen molar-refractivity contribution >= 4 is 34.2 Å². The third-order valence-corrected chi connectivity index (χ3v) is 8.48. The summed E-state index contributed by atoms with van der Waals surface area (Å²) in [5.74, 6) is -0.0573. The van der Waals surface area contributed by atoms with Crippen molar-refractivity contribution in [3.8, 4) is 11.3 Å². The summed E-state index contributed by atoms with van der Waals surface area (Å²) in [6, 6.07) is 8.40. The molecule has 2 saturated heterocycles. The second-order valence-corrected chi connectivity index (χ2v) is 11.0. The highest BCUT2D eigenvalue weighted by Gasteiger charge is 2.36. The van der Waals surface area contributed by atoms with Gasteiger partial charge in [-0.05, 0) is 51.8 Å². The smallest absolute Gasteiger partial charge is 0.258 e. The Morgan fingerprint density at radius 2 is 1.85 bits per heavy atom. The molecule has 3 atom stereocenters. The van der Waals surface area contributed by atoms with Crippen LogP contribution in [0.4, 0.5) is 10.2 Å². The number of aromatic nitrogens is 2. The summed E-state index contributed by atoms with van der Waals surface area (Å²) in [4.78, 5) is 30.1. The Morgan fingerprint density at radius 1 is 1.18 bits per heavy atom. The van der Waals surface area contributed by atoms with E-state index >= 15 is 0 Å². The van der Waals surface area contributed by atoms with Crippen LogP contribution in [0.1, 0.15) is 49.7 Å². The molecule has 1 amide bonds. The van der Waals surface area contributed by atoms with Crippen molar-refractivity contribution in [1.82, 2.24) is 19.8 Å².